The molecule has 0 aliphatic carbocycles. The van der Waals surface area contributed by atoms with Crippen LogP contribution in [0.25, 0.3) is 0 Å². The van der Waals surface area contributed by atoms with Gasteiger partial charge in [0.1, 0.15) is 0 Å². The third kappa shape index (κ3) is 5.18. The van der Waals surface area contributed by atoms with Gasteiger partial charge in [-0.1, -0.05) is 31.9 Å². The molecule has 72 valence electrons. The van der Waals surface area contributed by atoms with Crippen LogP contribution in [0.1, 0.15) is 26.2 Å². The van der Waals surface area contributed by atoms with Crippen LogP contribution in [0, 0.1) is 0 Å². The van der Waals surface area contributed by atoms with Crippen molar-refractivity contribution in [2.45, 2.75) is 38.5 Å². The van der Waals surface area contributed by atoms with Gasteiger partial charge in [-0.2, -0.15) is 13.2 Å². The summed E-state index contributed by atoms with van der Waals surface area (Å²) >= 11 is 0. The summed E-state index contributed by atoms with van der Waals surface area (Å²) < 4.78 is 35.0. The van der Waals surface area contributed by atoms with Gasteiger partial charge in [-0.15, -0.1) is 0 Å². The second kappa shape index (κ2) is 5.19. The molecule has 0 aromatic carbocycles. The van der Waals surface area contributed by atoms with Gasteiger partial charge in [0, 0.05) is 0 Å². The van der Waals surface area contributed by atoms with Crippen LogP contribution in [0.3, 0.4) is 0 Å². The van der Waals surface area contributed by atoms with Gasteiger partial charge in [0.2, 0.25) is 0 Å². The fourth-order valence-electron chi connectivity index (χ4n) is 0.656. The maximum Gasteiger partial charge on any atom is 0.417 e. The Kier molecular flexibility index (Phi) is 4.97. The molecule has 12 heavy (non-hydrogen) atoms. The molecule has 0 radical (unpaired) electrons. The van der Waals surface area contributed by atoms with E-state index in [0.29, 0.717) is 6.42 Å². The van der Waals surface area contributed by atoms with Gasteiger partial charge in [-0.25, -0.2) is 0 Å². The van der Waals surface area contributed by atoms with E-state index in [1.165, 1.54) is 6.08 Å². The fourth-order valence-corrected chi connectivity index (χ4v) is 0.656. The highest BCUT2D eigenvalue weighted by molar-refractivity contribution is 4.92. The average molecular weight is 182 g/mol. The van der Waals surface area contributed by atoms with Crippen molar-refractivity contribution in [3.63, 3.8) is 0 Å². The number of aliphatic hydroxyl groups is 1. The van der Waals surface area contributed by atoms with Crippen molar-refractivity contribution in [3.05, 3.63) is 12.2 Å². The molecule has 0 heterocycles. The summed E-state index contributed by atoms with van der Waals surface area (Å²) in [7, 11) is 0. The number of hydrogen-bond donors (Lipinski definition) is 1. The summed E-state index contributed by atoms with van der Waals surface area (Å²) in [4.78, 5) is 0. The van der Waals surface area contributed by atoms with Gasteiger partial charge < -0.3 is 5.11 Å². The first-order valence-corrected chi connectivity index (χ1v) is 3.90. The molecular weight excluding hydrogens is 169 g/mol. The first kappa shape index (κ1) is 11.5. The van der Waals surface area contributed by atoms with Crippen LogP contribution in [0.2, 0.25) is 0 Å². The highest BCUT2D eigenvalue weighted by Gasteiger charge is 2.35. The Morgan fingerprint density at radius 2 is 2.00 bits per heavy atom. The summed E-state index contributed by atoms with van der Waals surface area (Å²) in [5.41, 5.74) is 0. The summed E-state index contributed by atoms with van der Waals surface area (Å²) in [6.07, 6.45) is -2.31. The molecule has 0 aromatic heterocycles. The largest absolute Gasteiger partial charge is 0.417 e. The zero-order valence-corrected chi connectivity index (χ0v) is 6.93. The van der Waals surface area contributed by atoms with Crippen LogP contribution in [0.5, 0.6) is 0 Å². The normalized spacial score (nSPS) is 15.4. The second-order valence-corrected chi connectivity index (χ2v) is 2.56. The van der Waals surface area contributed by atoms with Gasteiger partial charge in [0.15, 0.2) is 6.10 Å². The number of rotatable bonds is 4. The Balaban J connectivity index is 3.68. The molecule has 0 aliphatic rings. The van der Waals surface area contributed by atoms with Crippen molar-refractivity contribution in [1.29, 1.82) is 0 Å². The Bertz CT molecular complexity index is 140. The number of alkyl halides is 3. The molecule has 1 atom stereocenters. The molecule has 1 N–H and O–H groups in total. The van der Waals surface area contributed by atoms with Gasteiger partial charge in [-0.05, 0) is 6.42 Å². The minimum absolute atomic E-state index is 0.587. The van der Waals surface area contributed by atoms with Gasteiger partial charge in [-0.3, -0.25) is 0 Å². The lowest BCUT2D eigenvalue weighted by Crippen LogP contribution is -2.25. The van der Waals surface area contributed by atoms with Gasteiger partial charge in [0.05, 0.1) is 0 Å². The van der Waals surface area contributed by atoms with Crippen LogP contribution in [-0.2, 0) is 0 Å². The number of hydrogen-bond acceptors (Lipinski definition) is 1. The Hall–Kier alpha value is -0.510. The second-order valence-electron chi connectivity index (χ2n) is 2.56. The smallest absolute Gasteiger partial charge is 0.380 e. The lowest BCUT2D eigenvalue weighted by Gasteiger charge is -2.09. The van der Waals surface area contributed by atoms with Crippen LogP contribution in [-0.4, -0.2) is 17.4 Å². The standard InChI is InChI=1S/C8H13F3O/c1-2-3-4-5-6-7(12)8(9,10)11/h5-7,12H,2-4H2,1H3. The molecular formula is C8H13F3O. The highest BCUT2D eigenvalue weighted by atomic mass is 19.4. The third-order valence-electron chi connectivity index (χ3n) is 1.38. The van der Waals surface area contributed by atoms with E-state index in [4.69, 9.17) is 5.11 Å². The van der Waals surface area contributed by atoms with Crippen molar-refractivity contribution in [3.8, 4) is 0 Å². The quantitative estimate of drug-likeness (QED) is 0.523. The zero-order chi connectivity index (χ0) is 9.61. The molecule has 0 saturated carbocycles. The molecule has 0 bridgehead atoms. The van der Waals surface area contributed by atoms with Crippen molar-refractivity contribution in [1.82, 2.24) is 0 Å². The number of aliphatic hydroxyl groups excluding tert-OH is 1. The van der Waals surface area contributed by atoms with Crippen LogP contribution >= 0.6 is 0 Å². The number of halogens is 3. The highest BCUT2D eigenvalue weighted by Crippen LogP contribution is 2.20. The fraction of sp³-hybridized carbons (Fsp3) is 0.750. The van der Waals surface area contributed by atoms with E-state index in [-0.39, 0.29) is 0 Å². The lowest BCUT2D eigenvalue weighted by molar-refractivity contribution is -0.187. The summed E-state index contributed by atoms with van der Waals surface area (Å²) in [5, 5.41) is 8.47. The summed E-state index contributed by atoms with van der Waals surface area (Å²) in [6.45, 7) is 1.95. The molecule has 1 nitrogen and oxygen atoms in total. The minimum Gasteiger partial charge on any atom is -0.380 e. The molecule has 0 aliphatic heterocycles. The lowest BCUT2D eigenvalue weighted by atomic mass is 10.2. The molecule has 0 amide bonds. The zero-order valence-electron chi connectivity index (χ0n) is 6.93. The minimum atomic E-state index is -4.53. The SMILES string of the molecule is CCCCC=CC(O)C(F)(F)F. The first-order valence-electron chi connectivity index (χ1n) is 3.90. The Labute approximate surface area is 69.9 Å². The monoisotopic (exact) mass is 182 g/mol. The van der Waals surface area contributed by atoms with E-state index >= 15 is 0 Å². The van der Waals surface area contributed by atoms with Crippen molar-refractivity contribution in [2.75, 3.05) is 0 Å². The third-order valence-corrected chi connectivity index (χ3v) is 1.38. The average Bonchev–Trinajstić information content (AvgIpc) is 1.96. The number of allylic oxidation sites excluding steroid dienone is 1. The molecule has 0 fully saturated rings. The van der Waals surface area contributed by atoms with Crippen molar-refractivity contribution >= 4 is 0 Å². The Morgan fingerprint density at radius 1 is 1.42 bits per heavy atom. The van der Waals surface area contributed by atoms with E-state index in [2.05, 4.69) is 0 Å². The summed E-state index contributed by atoms with van der Waals surface area (Å²) in [6, 6.07) is 0. The molecule has 0 saturated heterocycles. The van der Waals surface area contributed by atoms with E-state index < -0.39 is 12.3 Å². The number of unbranched alkanes of at least 4 members (excludes halogenated alkanes) is 2. The predicted octanol–water partition coefficient (Wildman–Crippen LogP) is 2.66. The van der Waals surface area contributed by atoms with Crippen LogP contribution in [0.15, 0.2) is 12.2 Å². The molecule has 0 aromatic rings. The van der Waals surface area contributed by atoms with Gasteiger partial charge in [0.25, 0.3) is 0 Å². The first-order chi connectivity index (χ1) is 5.48. The maximum atomic E-state index is 11.7. The predicted molar refractivity (Wildman–Crippen MR) is 40.7 cm³/mol. The molecule has 0 rings (SSSR count). The van der Waals surface area contributed by atoms with E-state index in [9.17, 15) is 13.2 Å². The van der Waals surface area contributed by atoms with E-state index in [0.717, 1.165) is 18.9 Å². The van der Waals surface area contributed by atoms with Crippen molar-refractivity contribution < 1.29 is 18.3 Å². The van der Waals surface area contributed by atoms with Gasteiger partial charge >= 0.3 is 6.18 Å². The van der Waals surface area contributed by atoms with Crippen molar-refractivity contribution in [2.24, 2.45) is 0 Å². The molecule has 0 spiro atoms. The van der Waals surface area contributed by atoms with Crippen LogP contribution < -0.4 is 0 Å². The van der Waals surface area contributed by atoms with Crippen LogP contribution in [0.4, 0.5) is 13.2 Å². The molecule has 1 unspecified atom stereocenters. The Morgan fingerprint density at radius 3 is 2.42 bits per heavy atom. The summed E-state index contributed by atoms with van der Waals surface area (Å²) in [5.74, 6) is 0. The van der Waals surface area contributed by atoms with E-state index in [1.807, 2.05) is 6.92 Å². The molecule has 4 heteroatoms. The maximum absolute atomic E-state index is 11.7. The van der Waals surface area contributed by atoms with E-state index in [1.54, 1.807) is 0 Å². The topological polar surface area (TPSA) is 20.2 Å².